The molecule has 1 fully saturated rings. The summed E-state index contributed by atoms with van der Waals surface area (Å²) in [7, 11) is -2.86. The molecule has 1 aromatic heterocycles. The Bertz CT molecular complexity index is 439. The molecule has 1 saturated heterocycles. The van der Waals surface area contributed by atoms with E-state index in [4.69, 9.17) is 5.73 Å². The highest BCUT2D eigenvalue weighted by Crippen LogP contribution is 2.24. The third-order valence-corrected chi connectivity index (χ3v) is 4.37. The summed E-state index contributed by atoms with van der Waals surface area (Å²) in [6.07, 6.45) is 2.88. The first-order chi connectivity index (χ1) is 7.12. The van der Waals surface area contributed by atoms with E-state index in [1.54, 1.807) is 6.33 Å². The summed E-state index contributed by atoms with van der Waals surface area (Å²) in [5, 5.41) is 7.73. The Kier molecular flexibility index (Phi) is 2.74. The molecular formula is C8H14N4O2S. The molecule has 0 bridgehead atoms. The molecule has 1 aliphatic rings. The molecule has 0 amide bonds. The zero-order valence-electron chi connectivity index (χ0n) is 8.33. The van der Waals surface area contributed by atoms with E-state index in [2.05, 4.69) is 10.2 Å². The third-order valence-electron chi connectivity index (χ3n) is 2.62. The lowest BCUT2D eigenvalue weighted by Gasteiger charge is -2.11. The largest absolute Gasteiger partial charge is 0.330 e. The second-order valence-corrected chi connectivity index (χ2v) is 5.98. The predicted molar refractivity (Wildman–Crippen MR) is 55.1 cm³/mol. The summed E-state index contributed by atoms with van der Waals surface area (Å²) in [5.41, 5.74) is 5.44. The first kappa shape index (κ1) is 10.6. The van der Waals surface area contributed by atoms with Crippen LogP contribution in [0, 0.1) is 0 Å². The zero-order valence-corrected chi connectivity index (χ0v) is 9.15. The van der Waals surface area contributed by atoms with Gasteiger partial charge in [-0.3, -0.25) is 0 Å². The minimum absolute atomic E-state index is 0.00782. The van der Waals surface area contributed by atoms with Crippen LogP contribution in [0.4, 0.5) is 0 Å². The van der Waals surface area contributed by atoms with Crippen molar-refractivity contribution in [1.29, 1.82) is 0 Å². The lowest BCUT2D eigenvalue weighted by atomic mass is 10.2. The number of sulfone groups is 1. The van der Waals surface area contributed by atoms with E-state index in [9.17, 15) is 8.42 Å². The summed E-state index contributed by atoms with van der Waals surface area (Å²) in [6, 6.07) is -0.00782. The van der Waals surface area contributed by atoms with Crippen LogP contribution in [0.5, 0.6) is 0 Å². The number of rotatable bonds is 3. The lowest BCUT2D eigenvalue weighted by Crippen LogP contribution is -2.15. The van der Waals surface area contributed by atoms with Crippen LogP contribution in [0.25, 0.3) is 0 Å². The van der Waals surface area contributed by atoms with Crippen molar-refractivity contribution in [3.63, 3.8) is 0 Å². The van der Waals surface area contributed by atoms with Crippen molar-refractivity contribution < 1.29 is 8.42 Å². The second-order valence-electron chi connectivity index (χ2n) is 3.75. The summed E-state index contributed by atoms with van der Waals surface area (Å²) < 4.78 is 24.5. The standard InChI is InChI=1S/C8H14N4O2S/c9-3-1-8-11-10-6-12(8)7-2-4-15(13,14)5-7/h6-7H,1-5,9H2. The molecule has 2 rings (SSSR count). The van der Waals surface area contributed by atoms with Gasteiger partial charge in [0.1, 0.15) is 12.2 Å². The summed E-state index contributed by atoms with van der Waals surface area (Å²) in [6.45, 7) is 0.498. The summed E-state index contributed by atoms with van der Waals surface area (Å²) in [5.74, 6) is 1.24. The first-order valence-electron chi connectivity index (χ1n) is 4.91. The Labute approximate surface area is 88.4 Å². The van der Waals surface area contributed by atoms with Gasteiger partial charge in [-0.15, -0.1) is 10.2 Å². The fourth-order valence-corrected chi connectivity index (χ4v) is 3.59. The average molecular weight is 230 g/mol. The van der Waals surface area contributed by atoms with Gasteiger partial charge in [-0.25, -0.2) is 8.42 Å². The normalized spacial score (nSPS) is 24.5. The molecule has 84 valence electrons. The quantitative estimate of drug-likeness (QED) is 0.729. The number of nitrogens with two attached hydrogens (primary N) is 1. The SMILES string of the molecule is NCCc1nncn1C1CCS(=O)(=O)C1. The Balaban J connectivity index is 2.20. The van der Waals surface area contributed by atoms with Gasteiger partial charge in [-0.05, 0) is 13.0 Å². The van der Waals surface area contributed by atoms with E-state index < -0.39 is 9.84 Å². The highest BCUT2D eigenvalue weighted by molar-refractivity contribution is 7.91. The smallest absolute Gasteiger partial charge is 0.152 e. The van der Waals surface area contributed by atoms with Crippen molar-refractivity contribution in [3.05, 3.63) is 12.2 Å². The van der Waals surface area contributed by atoms with Crippen LogP contribution in [-0.2, 0) is 16.3 Å². The Morgan fingerprint density at radius 2 is 2.40 bits per heavy atom. The van der Waals surface area contributed by atoms with E-state index in [0.29, 0.717) is 19.4 Å². The van der Waals surface area contributed by atoms with Crippen molar-refractivity contribution in [2.24, 2.45) is 5.73 Å². The molecule has 1 unspecified atom stereocenters. The fourth-order valence-electron chi connectivity index (χ4n) is 1.87. The van der Waals surface area contributed by atoms with Gasteiger partial charge >= 0.3 is 0 Å². The van der Waals surface area contributed by atoms with E-state index in [1.807, 2.05) is 4.57 Å². The average Bonchev–Trinajstić information content (AvgIpc) is 2.72. The number of hydrogen-bond acceptors (Lipinski definition) is 5. The molecule has 1 aliphatic heterocycles. The van der Waals surface area contributed by atoms with Crippen LogP contribution < -0.4 is 5.73 Å². The highest BCUT2D eigenvalue weighted by atomic mass is 32.2. The maximum absolute atomic E-state index is 11.3. The minimum Gasteiger partial charge on any atom is -0.330 e. The Hall–Kier alpha value is -0.950. The molecule has 2 N–H and O–H groups in total. The molecule has 0 aliphatic carbocycles. The summed E-state index contributed by atoms with van der Waals surface area (Å²) in [4.78, 5) is 0. The van der Waals surface area contributed by atoms with E-state index in [-0.39, 0.29) is 17.5 Å². The molecular weight excluding hydrogens is 216 g/mol. The maximum atomic E-state index is 11.3. The van der Waals surface area contributed by atoms with Crippen molar-refractivity contribution in [1.82, 2.24) is 14.8 Å². The predicted octanol–water partition coefficient (Wildman–Crippen LogP) is -0.861. The minimum atomic E-state index is -2.86. The molecule has 1 atom stereocenters. The van der Waals surface area contributed by atoms with Gasteiger partial charge in [0.2, 0.25) is 0 Å². The molecule has 0 radical (unpaired) electrons. The second kappa shape index (κ2) is 3.90. The molecule has 0 saturated carbocycles. The van der Waals surface area contributed by atoms with Crippen molar-refractivity contribution >= 4 is 9.84 Å². The van der Waals surface area contributed by atoms with E-state index in [0.717, 1.165) is 5.82 Å². The molecule has 0 aromatic carbocycles. The maximum Gasteiger partial charge on any atom is 0.152 e. The van der Waals surface area contributed by atoms with Gasteiger partial charge in [0.15, 0.2) is 9.84 Å². The van der Waals surface area contributed by atoms with Crippen LogP contribution in [0.15, 0.2) is 6.33 Å². The molecule has 2 heterocycles. The summed E-state index contributed by atoms with van der Waals surface area (Å²) >= 11 is 0. The molecule has 6 nitrogen and oxygen atoms in total. The third kappa shape index (κ3) is 2.18. The van der Waals surface area contributed by atoms with Gasteiger partial charge in [-0.2, -0.15) is 0 Å². The van der Waals surface area contributed by atoms with Crippen LogP contribution in [0.3, 0.4) is 0 Å². The lowest BCUT2D eigenvalue weighted by molar-refractivity contribution is 0.530. The van der Waals surface area contributed by atoms with E-state index in [1.165, 1.54) is 0 Å². The fraction of sp³-hybridized carbons (Fsp3) is 0.750. The van der Waals surface area contributed by atoms with Gasteiger partial charge in [0.05, 0.1) is 17.5 Å². The topological polar surface area (TPSA) is 90.9 Å². The highest BCUT2D eigenvalue weighted by Gasteiger charge is 2.30. The van der Waals surface area contributed by atoms with Crippen LogP contribution in [-0.4, -0.2) is 41.2 Å². The van der Waals surface area contributed by atoms with Crippen molar-refractivity contribution in [2.45, 2.75) is 18.9 Å². The molecule has 15 heavy (non-hydrogen) atoms. The molecule has 0 spiro atoms. The molecule has 1 aromatic rings. The number of nitrogens with zero attached hydrogens (tertiary/aromatic N) is 3. The van der Waals surface area contributed by atoms with Gasteiger partial charge < -0.3 is 10.3 Å². The number of aromatic nitrogens is 3. The van der Waals surface area contributed by atoms with Crippen LogP contribution in [0.1, 0.15) is 18.3 Å². The van der Waals surface area contributed by atoms with E-state index >= 15 is 0 Å². The zero-order chi connectivity index (χ0) is 10.9. The Morgan fingerprint density at radius 1 is 1.60 bits per heavy atom. The van der Waals surface area contributed by atoms with Crippen LogP contribution in [0.2, 0.25) is 0 Å². The molecule has 7 heteroatoms. The Morgan fingerprint density at radius 3 is 3.00 bits per heavy atom. The van der Waals surface area contributed by atoms with Crippen LogP contribution >= 0.6 is 0 Å². The van der Waals surface area contributed by atoms with Gasteiger partial charge in [-0.1, -0.05) is 0 Å². The van der Waals surface area contributed by atoms with Crippen molar-refractivity contribution in [2.75, 3.05) is 18.1 Å². The van der Waals surface area contributed by atoms with Gasteiger partial charge in [0, 0.05) is 6.42 Å². The van der Waals surface area contributed by atoms with Gasteiger partial charge in [0.25, 0.3) is 0 Å². The first-order valence-corrected chi connectivity index (χ1v) is 6.73. The monoisotopic (exact) mass is 230 g/mol. The van der Waals surface area contributed by atoms with Crippen molar-refractivity contribution in [3.8, 4) is 0 Å². The number of hydrogen-bond donors (Lipinski definition) is 1.